The Kier molecular flexibility index (Phi) is 5.59. The number of nitrogens with one attached hydrogen (secondary N) is 1. The van der Waals surface area contributed by atoms with Crippen molar-refractivity contribution in [2.24, 2.45) is 5.14 Å². The van der Waals surface area contributed by atoms with Gasteiger partial charge in [0.05, 0.1) is 42.7 Å². The first-order valence-electron chi connectivity index (χ1n) is 8.19. The first-order chi connectivity index (χ1) is 12.9. The molecule has 1 aromatic carbocycles. The third kappa shape index (κ3) is 4.54. The van der Waals surface area contributed by atoms with Gasteiger partial charge in [0, 0.05) is 13.1 Å². The second-order valence-corrected chi connectivity index (χ2v) is 7.42. The molecule has 3 N–H and O–H groups in total. The minimum absolute atomic E-state index is 0.0445. The summed E-state index contributed by atoms with van der Waals surface area (Å²) in [5, 5.41) is 7.76. The number of anilines is 2. The van der Waals surface area contributed by atoms with Crippen molar-refractivity contribution < 1.29 is 22.7 Å². The van der Waals surface area contributed by atoms with Gasteiger partial charge in [-0.15, -0.1) is 0 Å². The summed E-state index contributed by atoms with van der Waals surface area (Å²) < 4.78 is 33.5. The summed E-state index contributed by atoms with van der Waals surface area (Å²) in [5.41, 5.74) is 0.980. The average molecular weight is 392 g/mol. The van der Waals surface area contributed by atoms with Crippen LogP contribution < -0.4 is 20.1 Å². The third-order valence-corrected chi connectivity index (χ3v) is 5.02. The largest absolute Gasteiger partial charge is 0.496 e. The van der Waals surface area contributed by atoms with Crippen LogP contribution in [-0.4, -0.2) is 52.7 Å². The van der Waals surface area contributed by atoms with Crippen molar-refractivity contribution in [3.63, 3.8) is 0 Å². The van der Waals surface area contributed by atoms with Crippen LogP contribution >= 0.6 is 0 Å². The molecule has 1 aliphatic rings. The van der Waals surface area contributed by atoms with Gasteiger partial charge in [0.15, 0.2) is 0 Å². The SMILES string of the molecule is COc1ccc(S(N)(=O)=O)cc1C(=O)Nc1ccc(N2CCOCC2)cn1. The highest BCUT2D eigenvalue weighted by Gasteiger charge is 2.18. The average Bonchev–Trinajstić information content (AvgIpc) is 2.68. The van der Waals surface area contributed by atoms with Crippen LogP contribution in [0.15, 0.2) is 41.4 Å². The summed E-state index contributed by atoms with van der Waals surface area (Å²) in [6, 6.07) is 7.36. The van der Waals surface area contributed by atoms with Crippen molar-refractivity contribution >= 4 is 27.4 Å². The molecular formula is C17H20N4O5S. The first-order valence-corrected chi connectivity index (χ1v) is 9.74. The molecule has 144 valence electrons. The number of nitrogens with two attached hydrogens (primary N) is 1. The molecular weight excluding hydrogens is 372 g/mol. The zero-order valence-electron chi connectivity index (χ0n) is 14.7. The van der Waals surface area contributed by atoms with Crippen LogP contribution in [0.2, 0.25) is 0 Å². The molecule has 9 nitrogen and oxygen atoms in total. The van der Waals surface area contributed by atoms with Crippen LogP contribution in [0.3, 0.4) is 0 Å². The van der Waals surface area contributed by atoms with Crippen LogP contribution in [0.1, 0.15) is 10.4 Å². The molecule has 0 spiro atoms. The quantitative estimate of drug-likeness (QED) is 0.772. The third-order valence-electron chi connectivity index (χ3n) is 4.11. The Balaban J connectivity index is 1.78. The number of ether oxygens (including phenoxy) is 2. The van der Waals surface area contributed by atoms with Crippen molar-refractivity contribution in [1.29, 1.82) is 0 Å². The summed E-state index contributed by atoms with van der Waals surface area (Å²) in [6.45, 7) is 2.90. The maximum atomic E-state index is 12.6. The molecule has 10 heteroatoms. The molecule has 1 saturated heterocycles. The van der Waals surface area contributed by atoms with E-state index in [1.165, 1.54) is 25.3 Å². The Hall–Kier alpha value is -2.69. The number of morpholine rings is 1. The summed E-state index contributed by atoms with van der Waals surface area (Å²) >= 11 is 0. The molecule has 27 heavy (non-hydrogen) atoms. The van der Waals surface area contributed by atoms with E-state index in [-0.39, 0.29) is 16.2 Å². The van der Waals surface area contributed by atoms with Crippen molar-refractivity contribution in [2.45, 2.75) is 4.90 Å². The summed E-state index contributed by atoms with van der Waals surface area (Å²) in [6.07, 6.45) is 1.67. The fraction of sp³-hybridized carbons (Fsp3) is 0.294. The second kappa shape index (κ2) is 7.91. The van der Waals surface area contributed by atoms with Gasteiger partial charge in [0.25, 0.3) is 5.91 Å². The highest BCUT2D eigenvalue weighted by Crippen LogP contribution is 2.23. The van der Waals surface area contributed by atoms with Gasteiger partial charge in [-0.2, -0.15) is 0 Å². The number of primary sulfonamides is 1. The van der Waals surface area contributed by atoms with Crippen molar-refractivity contribution in [3.05, 3.63) is 42.1 Å². The smallest absolute Gasteiger partial charge is 0.260 e. The predicted molar refractivity (Wildman–Crippen MR) is 99.6 cm³/mol. The van der Waals surface area contributed by atoms with Crippen LogP contribution in [0.4, 0.5) is 11.5 Å². The van der Waals surface area contributed by atoms with Crippen LogP contribution in [-0.2, 0) is 14.8 Å². The lowest BCUT2D eigenvalue weighted by Crippen LogP contribution is -2.36. The Morgan fingerprint density at radius 2 is 2.00 bits per heavy atom. The van der Waals surface area contributed by atoms with E-state index in [0.717, 1.165) is 18.8 Å². The zero-order valence-corrected chi connectivity index (χ0v) is 15.5. The monoisotopic (exact) mass is 392 g/mol. The molecule has 0 atom stereocenters. The number of rotatable bonds is 5. The van der Waals surface area contributed by atoms with Crippen LogP contribution in [0.25, 0.3) is 0 Å². The topological polar surface area (TPSA) is 124 Å². The van der Waals surface area contributed by atoms with E-state index in [4.69, 9.17) is 14.6 Å². The first kappa shape index (κ1) is 19.1. The molecule has 2 heterocycles. The molecule has 1 aliphatic heterocycles. The molecule has 0 aliphatic carbocycles. The standard InChI is InChI=1S/C17H20N4O5S/c1-25-15-4-3-13(27(18,23)24)10-14(15)17(22)20-16-5-2-12(11-19-16)21-6-8-26-9-7-21/h2-5,10-11H,6-9H2,1H3,(H2,18,23,24)(H,19,20,22). The molecule has 1 amide bonds. The maximum absolute atomic E-state index is 12.6. The number of pyridine rings is 1. The van der Waals surface area contributed by atoms with Crippen molar-refractivity contribution in [1.82, 2.24) is 4.98 Å². The molecule has 3 rings (SSSR count). The number of aromatic nitrogens is 1. The van der Waals surface area contributed by atoms with Crippen molar-refractivity contribution in [3.8, 4) is 5.75 Å². The number of carbonyl (C=O) groups is 1. The van der Waals surface area contributed by atoms with Gasteiger partial charge in [0.1, 0.15) is 11.6 Å². The number of sulfonamides is 1. The molecule has 1 fully saturated rings. The minimum atomic E-state index is -3.94. The normalized spacial score (nSPS) is 14.7. The van der Waals surface area contributed by atoms with Gasteiger partial charge in [-0.25, -0.2) is 18.5 Å². The molecule has 0 unspecified atom stereocenters. The lowest BCUT2D eigenvalue weighted by atomic mass is 10.2. The van der Waals surface area contributed by atoms with Crippen LogP contribution in [0.5, 0.6) is 5.75 Å². The maximum Gasteiger partial charge on any atom is 0.260 e. The second-order valence-electron chi connectivity index (χ2n) is 5.86. The summed E-state index contributed by atoms with van der Waals surface area (Å²) in [5.74, 6) is 0.00822. The minimum Gasteiger partial charge on any atom is -0.496 e. The number of hydrogen-bond acceptors (Lipinski definition) is 7. The van der Waals surface area contributed by atoms with Gasteiger partial charge in [0.2, 0.25) is 10.0 Å². The number of amides is 1. The Morgan fingerprint density at radius 1 is 1.26 bits per heavy atom. The van der Waals surface area contributed by atoms with E-state index < -0.39 is 15.9 Å². The summed E-state index contributed by atoms with van der Waals surface area (Å²) in [4.78, 5) is 18.8. The van der Waals surface area contributed by atoms with E-state index in [1.54, 1.807) is 12.3 Å². The molecule has 1 aromatic heterocycles. The van der Waals surface area contributed by atoms with Crippen LogP contribution in [0, 0.1) is 0 Å². The van der Waals surface area contributed by atoms with E-state index in [2.05, 4.69) is 15.2 Å². The predicted octanol–water partition coefficient (Wildman–Crippen LogP) is 0.826. The summed E-state index contributed by atoms with van der Waals surface area (Å²) in [7, 11) is -2.55. The number of carbonyl (C=O) groups excluding carboxylic acids is 1. The fourth-order valence-electron chi connectivity index (χ4n) is 2.69. The molecule has 2 aromatic rings. The molecule has 0 saturated carbocycles. The van der Waals surface area contributed by atoms with Gasteiger partial charge in [-0.05, 0) is 30.3 Å². The van der Waals surface area contributed by atoms with Gasteiger partial charge in [-0.1, -0.05) is 0 Å². The number of nitrogens with zero attached hydrogens (tertiary/aromatic N) is 2. The molecule has 0 radical (unpaired) electrons. The molecule has 0 bridgehead atoms. The number of benzene rings is 1. The van der Waals surface area contributed by atoms with E-state index in [1.807, 2.05) is 6.07 Å². The van der Waals surface area contributed by atoms with Gasteiger partial charge < -0.3 is 19.7 Å². The van der Waals surface area contributed by atoms with Gasteiger partial charge >= 0.3 is 0 Å². The van der Waals surface area contributed by atoms with E-state index in [0.29, 0.717) is 19.0 Å². The Labute approximate surface area is 157 Å². The Bertz CT molecular complexity index is 925. The number of hydrogen-bond donors (Lipinski definition) is 2. The van der Waals surface area contributed by atoms with E-state index in [9.17, 15) is 13.2 Å². The zero-order chi connectivity index (χ0) is 19.4. The van der Waals surface area contributed by atoms with Gasteiger partial charge in [-0.3, -0.25) is 4.79 Å². The lowest BCUT2D eigenvalue weighted by molar-refractivity contribution is 0.102. The lowest BCUT2D eigenvalue weighted by Gasteiger charge is -2.28. The van der Waals surface area contributed by atoms with E-state index >= 15 is 0 Å². The highest BCUT2D eigenvalue weighted by atomic mass is 32.2. The van der Waals surface area contributed by atoms with Crippen molar-refractivity contribution in [2.75, 3.05) is 43.6 Å². The fourth-order valence-corrected chi connectivity index (χ4v) is 3.23. The number of methoxy groups -OCH3 is 1. The Morgan fingerprint density at radius 3 is 2.59 bits per heavy atom. The highest BCUT2D eigenvalue weighted by molar-refractivity contribution is 7.89.